The van der Waals surface area contributed by atoms with Gasteiger partial charge in [0.05, 0.1) is 65.5 Å². The molecular formula is C44H75NO12S. The number of carbonyl (C=O) groups excluding carboxylic acids is 1. The Morgan fingerprint density at radius 1 is 0.897 bits per heavy atom. The van der Waals surface area contributed by atoms with Crippen molar-refractivity contribution in [1.29, 1.82) is 0 Å². The molecule has 0 aromatic heterocycles. The predicted molar refractivity (Wildman–Crippen MR) is 219 cm³/mol. The molecule has 0 aromatic rings. The average molecular weight is 842 g/mol. The monoisotopic (exact) mass is 842 g/mol. The Hall–Kier alpha value is -1.49. The van der Waals surface area contributed by atoms with Gasteiger partial charge in [0.2, 0.25) is 10.0 Å². The highest BCUT2D eigenvalue weighted by Gasteiger charge is 2.63. The number of aliphatic hydroxyl groups is 2. The number of carbonyl (C=O) groups is 2. The van der Waals surface area contributed by atoms with Crippen molar-refractivity contribution in [2.45, 2.75) is 206 Å². The first-order chi connectivity index (χ1) is 27.0. The summed E-state index contributed by atoms with van der Waals surface area (Å²) in [5, 5.41) is 32.8. The van der Waals surface area contributed by atoms with Gasteiger partial charge in [0.15, 0.2) is 11.6 Å². The van der Waals surface area contributed by atoms with Crippen LogP contribution in [-0.4, -0.2) is 107 Å². The topological polar surface area (TPSA) is 187 Å². The first-order valence-electron chi connectivity index (χ1n) is 22.3. The molecule has 13 nitrogen and oxygen atoms in total. The Morgan fingerprint density at radius 3 is 2.16 bits per heavy atom. The maximum atomic E-state index is 14.6. The van der Waals surface area contributed by atoms with Crippen molar-refractivity contribution in [2.24, 2.45) is 41.4 Å². The first kappa shape index (κ1) is 47.6. The summed E-state index contributed by atoms with van der Waals surface area (Å²) < 4.78 is 63.1. The van der Waals surface area contributed by atoms with E-state index in [1.165, 1.54) is 0 Å². The molecule has 0 bridgehead atoms. The van der Waals surface area contributed by atoms with Crippen molar-refractivity contribution in [2.75, 3.05) is 5.75 Å². The summed E-state index contributed by atoms with van der Waals surface area (Å²) in [6, 6.07) is -0.862. The van der Waals surface area contributed by atoms with Crippen molar-refractivity contribution in [3.8, 4) is 0 Å². The molecule has 334 valence electrons. The van der Waals surface area contributed by atoms with E-state index in [9.17, 15) is 33.3 Å². The van der Waals surface area contributed by atoms with Gasteiger partial charge in [-0.1, -0.05) is 61.5 Å². The Balaban J connectivity index is 1.39. The lowest BCUT2D eigenvalue weighted by Crippen LogP contribution is -2.65. The van der Waals surface area contributed by atoms with E-state index in [2.05, 4.69) is 18.6 Å². The van der Waals surface area contributed by atoms with Crippen molar-refractivity contribution < 1.29 is 57.0 Å². The lowest BCUT2D eigenvalue weighted by molar-refractivity contribution is -0.397. The molecule has 5 aliphatic rings. The molecule has 5 aliphatic heterocycles. The highest BCUT2D eigenvalue weighted by Crippen LogP contribution is 2.54. The van der Waals surface area contributed by atoms with Gasteiger partial charge in [0, 0.05) is 30.1 Å². The van der Waals surface area contributed by atoms with E-state index in [-0.39, 0.29) is 35.4 Å². The molecule has 0 aliphatic carbocycles. The quantitative estimate of drug-likeness (QED) is 0.138. The second-order valence-electron chi connectivity index (χ2n) is 19.0. The molecule has 0 unspecified atom stereocenters. The number of ether oxygens (including phenoxy) is 5. The minimum atomic E-state index is -3.70. The van der Waals surface area contributed by atoms with Gasteiger partial charge in [-0.25, -0.2) is 13.1 Å². The Bertz CT molecular complexity index is 1590. The number of ketones is 1. The molecule has 0 saturated carbocycles. The molecule has 18 atom stereocenters. The van der Waals surface area contributed by atoms with E-state index < -0.39 is 99.0 Å². The van der Waals surface area contributed by atoms with Gasteiger partial charge in [-0.05, 0) is 96.5 Å². The summed E-state index contributed by atoms with van der Waals surface area (Å²) in [6.45, 7) is 21.0. The fourth-order valence-corrected chi connectivity index (χ4v) is 11.7. The predicted octanol–water partition coefficient (Wildman–Crippen LogP) is 6.14. The number of aliphatic carboxylic acids is 1. The van der Waals surface area contributed by atoms with Crippen LogP contribution in [-0.2, 0) is 43.3 Å². The van der Waals surface area contributed by atoms with Gasteiger partial charge in [-0.2, -0.15) is 0 Å². The Labute approximate surface area is 347 Å². The van der Waals surface area contributed by atoms with Gasteiger partial charge < -0.3 is 39.0 Å². The van der Waals surface area contributed by atoms with Crippen molar-refractivity contribution in [3.05, 3.63) is 12.2 Å². The number of nitrogens with one attached hydrogen (secondary N) is 1. The third-order valence-electron chi connectivity index (χ3n) is 15.2. The summed E-state index contributed by atoms with van der Waals surface area (Å²) in [5.41, 5.74) is -1.79. The van der Waals surface area contributed by atoms with E-state index >= 15 is 0 Å². The zero-order valence-electron chi connectivity index (χ0n) is 36.9. The van der Waals surface area contributed by atoms with Gasteiger partial charge in [0.25, 0.3) is 0 Å². The van der Waals surface area contributed by atoms with Gasteiger partial charge in [-0.3, -0.25) is 9.59 Å². The summed E-state index contributed by atoms with van der Waals surface area (Å²) in [5.74, 6) is -6.48. The van der Waals surface area contributed by atoms with Crippen LogP contribution < -0.4 is 4.72 Å². The largest absolute Gasteiger partial charge is 0.481 e. The van der Waals surface area contributed by atoms with E-state index in [1.54, 1.807) is 26.0 Å². The van der Waals surface area contributed by atoms with Gasteiger partial charge in [0.1, 0.15) is 5.78 Å². The molecule has 58 heavy (non-hydrogen) atoms. The SMILES string of the molecule is CC[C@@H](C(=O)[C@@H](C)[C@@H](O)[C@H](C)[C@@H]1O[C@@H]([C@@H](CC)C(=O)O)CC[C@@H]1C)[C@H]1O[C@]2(C=C[C@@H](NS(=O)(=O)CC)[C@]3(CC[C@@](C)([C@H]4CC[C@](O)(CC)[C@H](C)O4)O3)O2)[C@H](C)C[C@@H]1C. The molecule has 0 amide bonds. The highest BCUT2D eigenvalue weighted by atomic mass is 32.2. The molecule has 4 saturated heterocycles. The van der Waals surface area contributed by atoms with Crippen LogP contribution in [0.15, 0.2) is 12.2 Å². The van der Waals surface area contributed by atoms with Crippen LogP contribution in [0.3, 0.4) is 0 Å². The van der Waals surface area contributed by atoms with Gasteiger partial charge >= 0.3 is 5.97 Å². The minimum absolute atomic E-state index is 0.0470. The Morgan fingerprint density at radius 2 is 1.57 bits per heavy atom. The van der Waals surface area contributed by atoms with E-state index in [0.29, 0.717) is 57.8 Å². The van der Waals surface area contributed by atoms with Crippen LogP contribution in [0.25, 0.3) is 0 Å². The van der Waals surface area contributed by atoms with Crippen LogP contribution in [0, 0.1) is 41.4 Å². The second kappa shape index (κ2) is 18.1. The zero-order chi connectivity index (χ0) is 43.2. The summed E-state index contributed by atoms with van der Waals surface area (Å²) >= 11 is 0. The number of rotatable bonds is 15. The maximum Gasteiger partial charge on any atom is 0.309 e. The molecule has 5 heterocycles. The normalized spacial score (nSPS) is 43.5. The lowest BCUT2D eigenvalue weighted by atomic mass is 9.72. The number of aliphatic hydroxyl groups excluding tert-OH is 1. The van der Waals surface area contributed by atoms with Crippen LogP contribution in [0.5, 0.6) is 0 Å². The van der Waals surface area contributed by atoms with Gasteiger partial charge in [-0.15, -0.1) is 0 Å². The standard InChI is InChI=1S/C44H75NO12S/c1-12-31(40(48)49)33-17-16-25(5)38(54-33)29(9)36(46)28(8)37(47)32(13-2)39-26(6)24-27(7)43(55-39)21-18-34(45-58(51,52)15-4)44(57-43)23-22-41(11,56-44)35-19-20-42(50,14-3)30(10)53-35/h18,21,25-36,38-39,45-46,50H,12-17,19-20,22-24H2,1-11H3,(H,48,49)/t25-,26-,27+,28-,29-,30-,31+,32-,33+,34+,35+,36+,38+,39-,41-,42+,43-,44-/m0/s1. The maximum absolute atomic E-state index is 14.6. The number of Topliss-reactive ketones (excluding diaryl/α,β-unsaturated/α-hetero) is 1. The summed E-state index contributed by atoms with van der Waals surface area (Å²) in [7, 11) is -3.70. The minimum Gasteiger partial charge on any atom is -0.481 e. The summed E-state index contributed by atoms with van der Waals surface area (Å²) in [6.07, 6.45) is 5.84. The molecule has 0 radical (unpaired) electrons. The molecule has 0 aromatic carbocycles. The van der Waals surface area contributed by atoms with Crippen LogP contribution in [0.4, 0.5) is 0 Å². The zero-order valence-corrected chi connectivity index (χ0v) is 37.8. The number of carboxylic acid groups (broad SMARTS) is 1. The van der Waals surface area contributed by atoms with E-state index in [0.717, 1.165) is 6.42 Å². The van der Waals surface area contributed by atoms with Crippen LogP contribution in [0.2, 0.25) is 0 Å². The fourth-order valence-electron chi connectivity index (χ4n) is 10.9. The molecule has 4 fully saturated rings. The highest BCUT2D eigenvalue weighted by molar-refractivity contribution is 7.89. The van der Waals surface area contributed by atoms with Crippen molar-refractivity contribution >= 4 is 21.8 Å². The number of hydrogen-bond donors (Lipinski definition) is 4. The molecule has 5 rings (SSSR count). The number of sulfonamides is 1. The molecule has 14 heteroatoms. The lowest BCUT2D eigenvalue weighted by Gasteiger charge is -2.55. The van der Waals surface area contributed by atoms with Crippen LogP contribution >= 0.6 is 0 Å². The third-order valence-corrected chi connectivity index (χ3v) is 16.5. The Kier molecular flexibility index (Phi) is 14.8. The smallest absolute Gasteiger partial charge is 0.309 e. The fraction of sp³-hybridized carbons (Fsp3) is 0.909. The van der Waals surface area contributed by atoms with Crippen LogP contribution in [0.1, 0.15) is 140 Å². The second-order valence-corrected chi connectivity index (χ2v) is 21.0. The molecular weight excluding hydrogens is 767 g/mol. The number of hydrogen-bond acceptors (Lipinski definition) is 11. The molecule has 2 spiro atoms. The first-order valence-corrected chi connectivity index (χ1v) is 24.0. The summed E-state index contributed by atoms with van der Waals surface area (Å²) in [4.78, 5) is 26.6. The average Bonchev–Trinajstić information content (AvgIpc) is 3.52. The molecule has 4 N–H and O–H groups in total. The third kappa shape index (κ3) is 9.16. The van der Waals surface area contributed by atoms with Crippen molar-refractivity contribution in [1.82, 2.24) is 4.72 Å². The number of carboxylic acids is 1. The van der Waals surface area contributed by atoms with Crippen molar-refractivity contribution in [3.63, 3.8) is 0 Å². The van der Waals surface area contributed by atoms with E-state index in [4.69, 9.17) is 23.7 Å². The van der Waals surface area contributed by atoms with E-state index in [1.807, 2.05) is 48.5 Å².